The second kappa shape index (κ2) is 7.42. The van der Waals surface area contributed by atoms with Crippen LogP contribution in [0, 0.1) is 0 Å². The molecule has 2 N–H and O–H groups in total. The maximum Gasteiger partial charge on any atom is 0.240 e. The summed E-state index contributed by atoms with van der Waals surface area (Å²) in [7, 11) is -3.39. The smallest absolute Gasteiger partial charge is 0.240 e. The van der Waals surface area contributed by atoms with Gasteiger partial charge in [0.15, 0.2) is 0 Å². The molecule has 5 nitrogen and oxygen atoms in total. The summed E-state index contributed by atoms with van der Waals surface area (Å²) in [5.74, 6) is 0. The van der Waals surface area contributed by atoms with Crippen LogP contribution in [0.25, 0.3) is 0 Å². The summed E-state index contributed by atoms with van der Waals surface area (Å²) >= 11 is 1.59. The summed E-state index contributed by atoms with van der Waals surface area (Å²) in [6.07, 6.45) is 1.97. The van der Waals surface area contributed by atoms with Crippen LogP contribution in [0.2, 0.25) is 0 Å². The molecule has 0 radical (unpaired) electrons. The first-order valence-electron chi connectivity index (χ1n) is 6.67. The zero-order valence-corrected chi connectivity index (χ0v) is 13.2. The third-order valence-corrected chi connectivity index (χ3v) is 5.56. The van der Waals surface area contributed by atoms with Crippen LogP contribution in [0.3, 0.4) is 0 Å². The summed E-state index contributed by atoms with van der Waals surface area (Å²) in [5.41, 5.74) is 0. The Bertz CT molecular complexity index is 511. The number of thioether (sulfide) groups is 1. The lowest BCUT2D eigenvalue weighted by molar-refractivity contribution is -0.906. The largest absolute Gasteiger partial charge is 0.370 e. The Morgan fingerprint density at radius 1 is 1.25 bits per heavy atom. The SMILES string of the molecule is CSc1ccc(S(=O)(=O)NCC[NH+]2CCOCC2)cc1. The molecule has 1 fully saturated rings. The highest BCUT2D eigenvalue weighted by Gasteiger charge is 2.17. The van der Waals surface area contributed by atoms with E-state index in [0.29, 0.717) is 11.4 Å². The van der Waals surface area contributed by atoms with Gasteiger partial charge in [-0.15, -0.1) is 11.8 Å². The lowest BCUT2D eigenvalue weighted by atomic mass is 10.4. The van der Waals surface area contributed by atoms with Crippen molar-refractivity contribution in [2.24, 2.45) is 0 Å². The van der Waals surface area contributed by atoms with Crippen molar-refractivity contribution < 1.29 is 18.1 Å². The number of quaternary nitrogens is 1. The Balaban J connectivity index is 1.86. The third kappa shape index (κ3) is 4.46. The number of morpholine rings is 1. The number of hydrogen-bond acceptors (Lipinski definition) is 4. The first kappa shape index (κ1) is 15.8. The van der Waals surface area contributed by atoms with Gasteiger partial charge in [0.2, 0.25) is 10.0 Å². The van der Waals surface area contributed by atoms with Crippen molar-refractivity contribution in [1.29, 1.82) is 0 Å². The molecule has 1 aliphatic rings. The first-order chi connectivity index (χ1) is 9.62. The van der Waals surface area contributed by atoms with Gasteiger partial charge in [-0.05, 0) is 30.5 Å². The van der Waals surface area contributed by atoms with Gasteiger partial charge in [-0.3, -0.25) is 0 Å². The molecule has 0 spiro atoms. The van der Waals surface area contributed by atoms with E-state index in [1.54, 1.807) is 23.9 Å². The molecule has 0 unspecified atom stereocenters. The van der Waals surface area contributed by atoms with E-state index in [1.807, 2.05) is 18.4 Å². The quantitative estimate of drug-likeness (QED) is 0.701. The molecule has 20 heavy (non-hydrogen) atoms. The summed E-state index contributed by atoms with van der Waals surface area (Å²) in [5, 5.41) is 0. The zero-order valence-electron chi connectivity index (χ0n) is 11.6. The molecule has 0 amide bonds. The fourth-order valence-electron chi connectivity index (χ4n) is 2.11. The highest BCUT2D eigenvalue weighted by atomic mass is 32.2. The van der Waals surface area contributed by atoms with Crippen molar-refractivity contribution >= 4 is 21.8 Å². The number of benzene rings is 1. The lowest BCUT2D eigenvalue weighted by Gasteiger charge is -2.23. The van der Waals surface area contributed by atoms with Crippen LogP contribution in [0.5, 0.6) is 0 Å². The Morgan fingerprint density at radius 3 is 2.50 bits per heavy atom. The standard InChI is InChI=1S/C13H20N2O3S2/c1-19-12-2-4-13(5-3-12)20(16,17)14-6-7-15-8-10-18-11-9-15/h2-5,14H,6-11H2,1H3/p+1. The predicted octanol–water partition coefficient (Wildman–Crippen LogP) is -0.398. The molecule has 0 aliphatic carbocycles. The minimum absolute atomic E-state index is 0.326. The average molecular weight is 317 g/mol. The van der Waals surface area contributed by atoms with Crippen molar-refractivity contribution in [3.63, 3.8) is 0 Å². The van der Waals surface area contributed by atoms with E-state index in [1.165, 1.54) is 4.90 Å². The van der Waals surface area contributed by atoms with Crippen molar-refractivity contribution in [3.8, 4) is 0 Å². The number of sulfonamides is 1. The predicted molar refractivity (Wildman–Crippen MR) is 79.8 cm³/mol. The van der Waals surface area contributed by atoms with Gasteiger partial charge in [0.25, 0.3) is 0 Å². The van der Waals surface area contributed by atoms with Crippen LogP contribution in [0.1, 0.15) is 0 Å². The summed E-state index contributed by atoms with van der Waals surface area (Å²) in [6, 6.07) is 6.95. The van der Waals surface area contributed by atoms with Gasteiger partial charge in [0.1, 0.15) is 13.1 Å². The molecule has 1 aliphatic heterocycles. The highest BCUT2D eigenvalue weighted by molar-refractivity contribution is 7.98. The molecule has 0 bridgehead atoms. The molecule has 7 heteroatoms. The number of ether oxygens (including phenoxy) is 1. The van der Waals surface area contributed by atoms with E-state index in [2.05, 4.69) is 4.72 Å². The van der Waals surface area contributed by atoms with E-state index in [4.69, 9.17) is 4.74 Å². The monoisotopic (exact) mass is 317 g/mol. The fraction of sp³-hybridized carbons (Fsp3) is 0.538. The van der Waals surface area contributed by atoms with E-state index in [-0.39, 0.29) is 0 Å². The third-order valence-electron chi connectivity index (χ3n) is 3.34. The molecule has 1 saturated heterocycles. The van der Waals surface area contributed by atoms with E-state index >= 15 is 0 Å². The van der Waals surface area contributed by atoms with Crippen LogP contribution >= 0.6 is 11.8 Å². The van der Waals surface area contributed by atoms with Gasteiger partial charge in [-0.25, -0.2) is 13.1 Å². The highest BCUT2D eigenvalue weighted by Crippen LogP contribution is 2.17. The van der Waals surface area contributed by atoms with E-state index < -0.39 is 10.0 Å². The zero-order chi connectivity index (χ0) is 14.4. The maximum atomic E-state index is 12.1. The number of rotatable bonds is 6. The Hall–Kier alpha value is -0.600. The Morgan fingerprint density at radius 2 is 1.90 bits per heavy atom. The fourth-order valence-corrected chi connectivity index (χ4v) is 3.55. The summed E-state index contributed by atoms with van der Waals surface area (Å²) in [4.78, 5) is 2.77. The Labute approximate surface area is 124 Å². The summed E-state index contributed by atoms with van der Waals surface area (Å²) < 4.78 is 32.2. The second-order valence-electron chi connectivity index (χ2n) is 4.69. The average Bonchev–Trinajstić information content (AvgIpc) is 2.48. The summed E-state index contributed by atoms with van der Waals surface area (Å²) in [6.45, 7) is 4.68. The van der Waals surface area contributed by atoms with Gasteiger partial charge in [0, 0.05) is 4.90 Å². The second-order valence-corrected chi connectivity index (χ2v) is 7.33. The van der Waals surface area contributed by atoms with Crippen LogP contribution in [-0.2, 0) is 14.8 Å². The minimum Gasteiger partial charge on any atom is -0.370 e. The molecular weight excluding hydrogens is 296 g/mol. The molecule has 1 aromatic carbocycles. The molecule has 0 aromatic heterocycles. The van der Waals surface area contributed by atoms with Crippen LogP contribution in [0.4, 0.5) is 0 Å². The van der Waals surface area contributed by atoms with Crippen LogP contribution < -0.4 is 9.62 Å². The van der Waals surface area contributed by atoms with Gasteiger partial charge in [0.05, 0.1) is 31.2 Å². The molecular formula is C13H21N2O3S2+. The molecule has 1 aromatic rings. The van der Waals surface area contributed by atoms with E-state index in [0.717, 1.165) is 37.7 Å². The van der Waals surface area contributed by atoms with Crippen molar-refractivity contribution in [2.75, 3.05) is 45.6 Å². The molecule has 0 saturated carbocycles. The number of hydrogen-bond donors (Lipinski definition) is 2. The van der Waals surface area contributed by atoms with Gasteiger partial charge < -0.3 is 9.64 Å². The van der Waals surface area contributed by atoms with Crippen molar-refractivity contribution in [2.45, 2.75) is 9.79 Å². The number of nitrogens with one attached hydrogen (secondary N) is 2. The lowest BCUT2D eigenvalue weighted by Crippen LogP contribution is -3.14. The minimum atomic E-state index is -3.39. The maximum absolute atomic E-state index is 12.1. The normalized spacial score (nSPS) is 17.2. The van der Waals surface area contributed by atoms with Crippen molar-refractivity contribution in [3.05, 3.63) is 24.3 Å². The van der Waals surface area contributed by atoms with Crippen LogP contribution in [0.15, 0.2) is 34.1 Å². The Kier molecular flexibility index (Phi) is 5.86. The van der Waals surface area contributed by atoms with Gasteiger partial charge >= 0.3 is 0 Å². The molecule has 1 heterocycles. The first-order valence-corrected chi connectivity index (χ1v) is 9.37. The van der Waals surface area contributed by atoms with E-state index in [9.17, 15) is 8.42 Å². The molecule has 0 atom stereocenters. The van der Waals surface area contributed by atoms with Gasteiger partial charge in [-0.1, -0.05) is 0 Å². The molecule has 112 valence electrons. The topological polar surface area (TPSA) is 59.8 Å². The molecule has 2 rings (SSSR count). The van der Waals surface area contributed by atoms with Crippen LogP contribution in [-0.4, -0.2) is 54.1 Å². The van der Waals surface area contributed by atoms with Crippen molar-refractivity contribution in [1.82, 2.24) is 4.72 Å². The van der Waals surface area contributed by atoms with Gasteiger partial charge in [-0.2, -0.15) is 0 Å².